The minimum absolute atomic E-state index is 0.00853. The largest absolute Gasteiger partial charge is 0.396 e. The van der Waals surface area contributed by atoms with E-state index in [-0.39, 0.29) is 16.1 Å². The summed E-state index contributed by atoms with van der Waals surface area (Å²) in [6.07, 6.45) is 2.49. The van der Waals surface area contributed by atoms with E-state index in [1.54, 1.807) is 7.11 Å². The van der Waals surface area contributed by atoms with Crippen LogP contribution >= 0.6 is 0 Å². The van der Waals surface area contributed by atoms with Gasteiger partial charge in [-0.15, -0.1) is 0 Å². The summed E-state index contributed by atoms with van der Waals surface area (Å²) in [6, 6.07) is 2.41. The fraction of sp³-hybridized carbons (Fsp3) is 0.538. The number of unbranched alkanes of at least 4 members (excludes halogenated alkanes) is 2. The zero-order chi connectivity index (χ0) is 15.2. The van der Waals surface area contributed by atoms with Crippen LogP contribution in [-0.2, 0) is 14.8 Å². The Balaban J connectivity index is 2.61. The third-order valence-electron chi connectivity index (χ3n) is 2.88. The number of rotatable bonds is 8. The topological polar surface area (TPSA) is 81.4 Å². The Kier molecular flexibility index (Phi) is 6.38. The van der Waals surface area contributed by atoms with E-state index in [0.717, 1.165) is 25.3 Å². The van der Waals surface area contributed by atoms with Gasteiger partial charge in [0.2, 0.25) is 10.0 Å². The van der Waals surface area contributed by atoms with Crippen molar-refractivity contribution in [3.05, 3.63) is 23.5 Å². The van der Waals surface area contributed by atoms with Crippen LogP contribution in [0.3, 0.4) is 0 Å². The van der Waals surface area contributed by atoms with Gasteiger partial charge in [-0.2, -0.15) is 0 Å². The summed E-state index contributed by atoms with van der Waals surface area (Å²) < 4.78 is 44.8. The van der Waals surface area contributed by atoms with Crippen molar-refractivity contribution in [3.8, 4) is 0 Å². The van der Waals surface area contributed by atoms with Gasteiger partial charge < -0.3 is 10.5 Å². The van der Waals surface area contributed by atoms with Crippen molar-refractivity contribution in [2.45, 2.75) is 31.1 Å². The molecule has 0 aromatic heterocycles. The molecule has 114 valence electrons. The van der Waals surface area contributed by atoms with Crippen LogP contribution < -0.4 is 10.5 Å². The van der Waals surface area contributed by atoms with Gasteiger partial charge in [0.1, 0.15) is 5.82 Å². The monoisotopic (exact) mass is 304 g/mol. The number of nitrogen functional groups attached to an aromatic ring is 1. The molecule has 5 nitrogen and oxygen atoms in total. The van der Waals surface area contributed by atoms with E-state index in [1.165, 1.54) is 13.0 Å². The number of ether oxygens (including phenoxy) is 1. The van der Waals surface area contributed by atoms with Gasteiger partial charge in [-0.25, -0.2) is 17.5 Å². The molecule has 7 heteroatoms. The molecule has 0 fully saturated rings. The number of hydrogen-bond donors (Lipinski definition) is 2. The summed E-state index contributed by atoms with van der Waals surface area (Å²) in [5.41, 5.74) is 5.50. The second-order valence-corrected chi connectivity index (χ2v) is 6.36. The van der Waals surface area contributed by atoms with Crippen molar-refractivity contribution in [2.75, 3.05) is 26.0 Å². The van der Waals surface area contributed by atoms with Gasteiger partial charge >= 0.3 is 0 Å². The van der Waals surface area contributed by atoms with Crippen LogP contribution in [0.5, 0.6) is 0 Å². The first-order valence-electron chi connectivity index (χ1n) is 6.42. The number of anilines is 1. The maximum atomic E-state index is 13.4. The zero-order valence-electron chi connectivity index (χ0n) is 11.8. The third kappa shape index (κ3) is 4.73. The standard InChI is InChI=1S/C13H21FN2O3S/c1-10-8-11(9-12(15)13(10)14)20(17,18)16-6-4-3-5-7-19-2/h8-9,16H,3-7,15H2,1-2H3. The maximum absolute atomic E-state index is 13.4. The van der Waals surface area contributed by atoms with Crippen LogP contribution in [0.4, 0.5) is 10.1 Å². The molecule has 0 aliphatic heterocycles. The normalized spacial score (nSPS) is 11.8. The molecule has 20 heavy (non-hydrogen) atoms. The Morgan fingerprint density at radius 3 is 2.60 bits per heavy atom. The second kappa shape index (κ2) is 7.56. The molecule has 0 radical (unpaired) electrons. The van der Waals surface area contributed by atoms with Crippen molar-refractivity contribution in [1.82, 2.24) is 4.72 Å². The van der Waals surface area contributed by atoms with E-state index in [1.807, 2.05) is 0 Å². The van der Waals surface area contributed by atoms with E-state index < -0.39 is 15.8 Å². The van der Waals surface area contributed by atoms with Crippen molar-refractivity contribution >= 4 is 15.7 Å². The van der Waals surface area contributed by atoms with Crippen LogP contribution in [0, 0.1) is 12.7 Å². The first-order valence-corrected chi connectivity index (χ1v) is 7.91. The van der Waals surface area contributed by atoms with E-state index in [0.29, 0.717) is 13.2 Å². The molecule has 1 aromatic carbocycles. The molecule has 0 unspecified atom stereocenters. The number of nitrogens with two attached hydrogens (primary N) is 1. The quantitative estimate of drug-likeness (QED) is 0.567. The van der Waals surface area contributed by atoms with Gasteiger partial charge in [0.25, 0.3) is 0 Å². The number of methoxy groups -OCH3 is 1. The number of hydrogen-bond acceptors (Lipinski definition) is 4. The molecule has 0 saturated heterocycles. The SMILES string of the molecule is COCCCCCNS(=O)(=O)c1cc(C)c(F)c(N)c1. The Morgan fingerprint density at radius 2 is 2.00 bits per heavy atom. The highest BCUT2D eigenvalue weighted by atomic mass is 32.2. The van der Waals surface area contributed by atoms with Gasteiger partial charge in [-0.3, -0.25) is 0 Å². The van der Waals surface area contributed by atoms with E-state index >= 15 is 0 Å². The Bertz CT molecular complexity index is 524. The predicted octanol–water partition coefficient (Wildman–Crippen LogP) is 1.81. The highest BCUT2D eigenvalue weighted by Gasteiger charge is 2.16. The Hall–Kier alpha value is -1.18. The number of sulfonamides is 1. The molecule has 0 bridgehead atoms. The van der Waals surface area contributed by atoms with Crippen molar-refractivity contribution in [2.24, 2.45) is 0 Å². The van der Waals surface area contributed by atoms with Crippen LogP contribution in [-0.4, -0.2) is 28.7 Å². The van der Waals surface area contributed by atoms with Gasteiger partial charge in [0.05, 0.1) is 10.6 Å². The van der Waals surface area contributed by atoms with Gasteiger partial charge in [0, 0.05) is 20.3 Å². The summed E-state index contributed by atoms with van der Waals surface area (Å²) in [5, 5.41) is 0. The Morgan fingerprint density at radius 1 is 1.30 bits per heavy atom. The van der Waals surface area contributed by atoms with Gasteiger partial charge in [-0.1, -0.05) is 0 Å². The molecule has 0 saturated carbocycles. The fourth-order valence-electron chi connectivity index (χ4n) is 1.76. The molecule has 0 amide bonds. The summed E-state index contributed by atoms with van der Waals surface area (Å²) in [5.74, 6) is -0.580. The van der Waals surface area contributed by atoms with Crippen LogP contribution in [0.25, 0.3) is 0 Å². The van der Waals surface area contributed by atoms with Crippen molar-refractivity contribution in [3.63, 3.8) is 0 Å². The average molecular weight is 304 g/mol. The average Bonchev–Trinajstić information content (AvgIpc) is 2.39. The number of nitrogens with one attached hydrogen (secondary N) is 1. The highest BCUT2D eigenvalue weighted by Crippen LogP contribution is 2.20. The summed E-state index contributed by atoms with van der Waals surface area (Å²) in [6.45, 7) is 2.48. The Labute approximate surface area is 119 Å². The zero-order valence-corrected chi connectivity index (χ0v) is 12.6. The van der Waals surface area contributed by atoms with Crippen molar-refractivity contribution < 1.29 is 17.5 Å². The minimum Gasteiger partial charge on any atom is -0.396 e. The lowest BCUT2D eigenvalue weighted by atomic mass is 10.2. The van der Waals surface area contributed by atoms with Gasteiger partial charge in [0.15, 0.2) is 0 Å². The number of aryl methyl sites for hydroxylation is 1. The summed E-state index contributed by atoms with van der Waals surface area (Å²) >= 11 is 0. The maximum Gasteiger partial charge on any atom is 0.240 e. The molecule has 0 atom stereocenters. The third-order valence-corrected chi connectivity index (χ3v) is 4.32. The summed E-state index contributed by atoms with van der Waals surface area (Å²) in [4.78, 5) is -0.00853. The minimum atomic E-state index is -3.64. The number of halogens is 1. The van der Waals surface area contributed by atoms with Gasteiger partial charge in [-0.05, 0) is 43.9 Å². The molecule has 0 spiro atoms. The first-order chi connectivity index (χ1) is 9.38. The molecule has 0 aliphatic carbocycles. The fourth-order valence-corrected chi connectivity index (χ4v) is 2.95. The molecular weight excluding hydrogens is 283 g/mol. The lowest BCUT2D eigenvalue weighted by molar-refractivity contribution is 0.192. The molecule has 1 aromatic rings. The van der Waals surface area contributed by atoms with Crippen LogP contribution in [0.15, 0.2) is 17.0 Å². The summed E-state index contributed by atoms with van der Waals surface area (Å²) in [7, 11) is -2.01. The molecule has 0 aliphatic rings. The smallest absolute Gasteiger partial charge is 0.240 e. The lowest BCUT2D eigenvalue weighted by Crippen LogP contribution is -2.25. The first kappa shape index (κ1) is 16.9. The molecule has 3 N–H and O–H groups in total. The predicted molar refractivity (Wildman–Crippen MR) is 76.5 cm³/mol. The molecular formula is C13H21FN2O3S. The number of benzene rings is 1. The highest BCUT2D eigenvalue weighted by molar-refractivity contribution is 7.89. The van der Waals surface area contributed by atoms with Crippen LogP contribution in [0.2, 0.25) is 0 Å². The van der Waals surface area contributed by atoms with E-state index in [4.69, 9.17) is 10.5 Å². The van der Waals surface area contributed by atoms with E-state index in [2.05, 4.69) is 4.72 Å². The molecule has 1 rings (SSSR count). The van der Waals surface area contributed by atoms with Crippen LogP contribution in [0.1, 0.15) is 24.8 Å². The van der Waals surface area contributed by atoms with Crippen molar-refractivity contribution in [1.29, 1.82) is 0 Å². The lowest BCUT2D eigenvalue weighted by Gasteiger charge is -2.09. The van der Waals surface area contributed by atoms with E-state index in [9.17, 15) is 12.8 Å². The molecule has 0 heterocycles. The second-order valence-electron chi connectivity index (χ2n) is 4.59.